The summed E-state index contributed by atoms with van der Waals surface area (Å²) in [5.74, 6) is 0. The molecule has 0 atom stereocenters. The summed E-state index contributed by atoms with van der Waals surface area (Å²) in [6.45, 7) is 20.4. The molecule has 0 spiro atoms. The first-order valence-electron chi connectivity index (χ1n) is 7.86. The third kappa shape index (κ3) is 3.69. The molecule has 1 aliphatic heterocycles. The van der Waals surface area contributed by atoms with E-state index < -0.39 is 0 Å². The van der Waals surface area contributed by atoms with Crippen LogP contribution in [0, 0.1) is 0 Å². The summed E-state index contributed by atoms with van der Waals surface area (Å²) in [7, 11) is 0. The molecule has 0 radical (unpaired) electrons. The molecular weight excluding hydrogens is 208 g/mol. The smallest absolute Gasteiger partial charge is 0.128 e. The molecule has 0 saturated carbocycles. The first kappa shape index (κ1) is 15.0. The number of nitrogens with zero attached hydrogens (tertiary/aromatic N) is 2. The lowest BCUT2D eigenvalue weighted by molar-refractivity contribution is -0.980. The number of likely N-dealkylation sites (tertiary alicyclic amines) is 1. The molecule has 0 aromatic heterocycles. The van der Waals surface area contributed by atoms with Crippen LogP contribution in [0.1, 0.15) is 47.0 Å². The Labute approximate surface area is 109 Å². The van der Waals surface area contributed by atoms with Gasteiger partial charge in [0, 0.05) is 0 Å². The highest BCUT2D eigenvalue weighted by molar-refractivity contribution is 4.54. The fourth-order valence-corrected chi connectivity index (χ4v) is 3.45. The zero-order chi connectivity index (χ0) is 12.8. The molecule has 1 aliphatic rings. The van der Waals surface area contributed by atoms with Gasteiger partial charge in [-0.1, -0.05) is 0 Å². The van der Waals surface area contributed by atoms with Crippen molar-refractivity contribution < 1.29 is 8.97 Å². The monoisotopic (exact) mass is 242 g/mol. The van der Waals surface area contributed by atoms with Gasteiger partial charge in [0.25, 0.3) is 0 Å². The van der Waals surface area contributed by atoms with Crippen molar-refractivity contribution in [2.24, 2.45) is 0 Å². The van der Waals surface area contributed by atoms with E-state index in [-0.39, 0.29) is 0 Å². The second-order valence-electron chi connectivity index (χ2n) is 5.90. The van der Waals surface area contributed by atoms with Gasteiger partial charge in [0.15, 0.2) is 0 Å². The molecule has 0 aromatic rings. The third-order valence-electron chi connectivity index (χ3n) is 5.50. The van der Waals surface area contributed by atoms with Gasteiger partial charge in [-0.05, 0) is 47.0 Å². The van der Waals surface area contributed by atoms with Crippen molar-refractivity contribution in [3.8, 4) is 0 Å². The lowest BCUT2D eigenvalue weighted by Crippen LogP contribution is -2.59. The predicted molar refractivity (Wildman–Crippen MR) is 76.0 cm³/mol. The summed E-state index contributed by atoms with van der Waals surface area (Å²) in [6.07, 6.45) is 4.38. The summed E-state index contributed by atoms with van der Waals surface area (Å²) in [5, 5.41) is 0. The van der Waals surface area contributed by atoms with E-state index in [1.807, 2.05) is 0 Å². The predicted octanol–water partition coefficient (Wildman–Crippen LogP) is 2.88. The normalized spacial score (nSPS) is 20.5. The largest absolute Gasteiger partial charge is 0.320 e. The maximum Gasteiger partial charge on any atom is 0.128 e. The minimum absolute atomic E-state index is 1.30. The molecule has 2 heteroatoms. The minimum Gasteiger partial charge on any atom is -0.320 e. The van der Waals surface area contributed by atoms with E-state index in [0.29, 0.717) is 0 Å². The molecule has 1 heterocycles. The Morgan fingerprint density at radius 2 is 1.35 bits per heavy atom. The highest BCUT2D eigenvalue weighted by Crippen LogP contribution is 2.19. The van der Waals surface area contributed by atoms with Crippen LogP contribution in [0.25, 0.3) is 0 Å². The number of quaternary nitrogens is 2. The second kappa shape index (κ2) is 6.75. The highest BCUT2D eigenvalue weighted by atomic mass is 15.4. The van der Waals surface area contributed by atoms with E-state index in [4.69, 9.17) is 0 Å². The number of piperidine rings is 1. The first-order valence-corrected chi connectivity index (χ1v) is 7.86. The van der Waals surface area contributed by atoms with Crippen molar-refractivity contribution in [3.05, 3.63) is 0 Å². The highest BCUT2D eigenvalue weighted by Gasteiger charge is 2.32. The van der Waals surface area contributed by atoms with Gasteiger partial charge in [0.2, 0.25) is 0 Å². The van der Waals surface area contributed by atoms with Crippen molar-refractivity contribution in [3.63, 3.8) is 0 Å². The zero-order valence-corrected chi connectivity index (χ0v) is 12.7. The van der Waals surface area contributed by atoms with Crippen LogP contribution in [-0.2, 0) is 0 Å². The van der Waals surface area contributed by atoms with E-state index in [1.54, 1.807) is 0 Å². The lowest BCUT2D eigenvalue weighted by Gasteiger charge is -2.44. The molecule has 0 unspecified atom stereocenters. The van der Waals surface area contributed by atoms with Crippen LogP contribution in [0.4, 0.5) is 0 Å². The molecule has 0 aliphatic carbocycles. The third-order valence-corrected chi connectivity index (χ3v) is 5.50. The molecule has 0 aromatic carbocycles. The lowest BCUT2D eigenvalue weighted by atomic mass is 10.1. The van der Waals surface area contributed by atoms with E-state index in [9.17, 15) is 0 Å². The Balaban J connectivity index is 2.56. The van der Waals surface area contributed by atoms with Crippen molar-refractivity contribution in [1.82, 2.24) is 0 Å². The maximum absolute atomic E-state index is 2.39. The fraction of sp³-hybridized carbons (Fsp3) is 1.00. The van der Waals surface area contributed by atoms with Gasteiger partial charge in [-0.15, -0.1) is 0 Å². The Morgan fingerprint density at radius 3 is 1.76 bits per heavy atom. The topological polar surface area (TPSA) is 0 Å². The molecule has 2 nitrogen and oxygen atoms in total. The van der Waals surface area contributed by atoms with E-state index >= 15 is 0 Å². The second-order valence-corrected chi connectivity index (χ2v) is 5.90. The molecule has 0 amide bonds. The van der Waals surface area contributed by atoms with Crippen molar-refractivity contribution in [2.45, 2.75) is 47.0 Å². The molecular formula is C15H34N2+2. The van der Waals surface area contributed by atoms with Gasteiger partial charge in [-0.25, -0.2) is 0 Å². The number of hydrogen-bond donors (Lipinski definition) is 0. The molecule has 0 bridgehead atoms. The minimum atomic E-state index is 1.30. The van der Waals surface area contributed by atoms with Crippen LogP contribution in [0.5, 0.6) is 0 Å². The van der Waals surface area contributed by atoms with Gasteiger partial charge in [0.05, 0.1) is 39.3 Å². The average Bonchev–Trinajstić information content (AvgIpc) is 2.42. The van der Waals surface area contributed by atoms with Crippen LogP contribution < -0.4 is 0 Å². The summed E-state index contributed by atoms with van der Waals surface area (Å²) < 4.78 is 2.72. The van der Waals surface area contributed by atoms with Gasteiger partial charge in [-0.3, -0.25) is 0 Å². The Morgan fingerprint density at radius 1 is 0.824 bits per heavy atom. The quantitative estimate of drug-likeness (QED) is 0.602. The Bertz CT molecular complexity index is 195. The van der Waals surface area contributed by atoms with Crippen LogP contribution in [0.3, 0.4) is 0 Å². The number of hydrogen-bond acceptors (Lipinski definition) is 0. The summed E-state index contributed by atoms with van der Waals surface area (Å²) in [6, 6.07) is 0. The average molecular weight is 242 g/mol. The molecule has 1 fully saturated rings. The fourth-order valence-electron chi connectivity index (χ4n) is 3.45. The van der Waals surface area contributed by atoms with E-state index in [1.165, 1.54) is 80.6 Å². The van der Waals surface area contributed by atoms with Crippen molar-refractivity contribution in [1.29, 1.82) is 0 Å². The number of rotatable bonds is 7. The maximum atomic E-state index is 2.39. The standard InChI is InChI=1S/C15H34N2/c1-5-16(6-2,7-3)14-15-17(8-4)12-10-9-11-13-17/h5-15H2,1-4H3/q+2. The van der Waals surface area contributed by atoms with Gasteiger partial charge in [-0.2, -0.15) is 0 Å². The summed E-state index contributed by atoms with van der Waals surface area (Å²) in [4.78, 5) is 0. The van der Waals surface area contributed by atoms with E-state index in [0.717, 1.165) is 0 Å². The molecule has 102 valence electrons. The molecule has 1 saturated heterocycles. The summed E-state index contributed by atoms with van der Waals surface area (Å²) in [5.41, 5.74) is 0. The van der Waals surface area contributed by atoms with Crippen molar-refractivity contribution >= 4 is 0 Å². The SMILES string of the molecule is CC[N+](CC)(CC)CC[N+]1(CC)CCCCC1. The van der Waals surface area contributed by atoms with Gasteiger partial charge < -0.3 is 8.97 Å². The Kier molecular flexibility index (Phi) is 5.94. The zero-order valence-electron chi connectivity index (χ0n) is 12.7. The molecule has 1 rings (SSSR count). The Hall–Kier alpha value is -0.0800. The van der Waals surface area contributed by atoms with Gasteiger partial charge >= 0.3 is 0 Å². The van der Waals surface area contributed by atoms with Crippen LogP contribution >= 0.6 is 0 Å². The van der Waals surface area contributed by atoms with Crippen LogP contribution in [-0.4, -0.2) is 61.3 Å². The summed E-state index contributed by atoms with van der Waals surface area (Å²) >= 11 is 0. The molecule has 17 heavy (non-hydrogen) atoms. The first-order chi connectivity index (χ1) is 8.16. The van der Waals surface area contributed by atoms with Crippen molar-refractivity contribution in [2.75, 3.05) is 52.4 Å². The van der Waals surface area contributed by atoms with Crippen LogP contribution in [0.15, 0.2) is 0 Å². The van der Waals surface area contributed by atoms with E-state index in [2.05, 4.69) is 27.7 Å². The van der Waals surface area contributed by atoms with Crippen LogP contribution in [0.2, 0.25) is 0 Å². The molecule has 0 N–H and O–H groups in total. The number of likely N-dealkylation sites (N-methyl/N-ethyl adjacent to an activating group) is 2. The van der Waals surface area contributed by atoms with Gasteiger partial charge in [0.1, 0.15) is 13.1 Å².